The molecule has 0 bridgehead atoms. The standard InChI is InChI=1S/C15H23N3O2/c1-5-18-8-13(14(9-18)20-4)17-15(19)12-7-6-10(2)16-11(12)3/h6-7,13-14H,5,8-9H2,1-4H3,(H,17,19). The first kappa shape index (κ1) is 14.9. The molecular formula is C15H23N3O2. The van der Waals surface area contributed by atoms with Gasteiger partial charge in [0.2, 0.25) is 0 Å². The summed E-state index contributed by atoms with van der Waals surface area (Å²) in [5.41, 5.74) is 2.33. The van der Waals surface area contributed by atoms with E-state index in [4.69, 9.17) is 4.74 Å². The predicted octanol–water partition coefficient (Wildman–Crippen LogP) is 1.15. The molecule has 1 fully saturated rings. The van der Waals surface area contributed by atoms with Gasteiger partial charge >= 0.3 is 0 Å². The molecule has 0 spiro atoms. The molecule has 1 saturated heterocycles. The highest BCUT2D eigenvalue weighted by Crippen LogP contribution is 2.14. The van der Waals surface area contributed by atoms with Crippen molar-refractivity contribution >= 4 is 5.91 Å². The smallest absolute Gasteiger partial charge is 0.253 e. The summed E-state index contributed by atoms with van der Waals surface area (Å²) in [6.45, 7) is 8.57. The van der Waals surface area contributed by atoms with E-state index in [0.717, 1.165) is 31.0 Å². The molecule has 1 aromatic heterocycles. The molecule has 2 unspecified atom stereocenters. The van der Waals surface area contributed by atoms with Crippen LogP contribution in [0.3, 0.4) is 0 Å². The summed E-state index contributed by atoms with van der Waals surface area (Å²) in [5.74, 6) is -0.0694. The Morgan fingerprint density at radius 1 is 1.45 bits per heavy atom. The summed E-state index contributed by atoms with van der Waals surface area (Å²) in [6, 6.07) is 3.73. The lowest BCUT2D eigenvalue weighted by molar-refractivity contribution is 0.0761. The average Bonchev–Trinajstić information content (AvgIpc) is 2.80. The van der Waals surface area contributed by atoms with Crippen molar-refractivity contribution in [1.29, 1.82) is 0 Å². The minimum absolute atomic E-state index is 0.0353. The Morgan fingerprint density at radius 3 is 2.80 bits per heavy atom. The quantitative estimate of drug-likeness (QED) is 0.897. The van der Waals surface area contributed by atoms with Crippen LogP contribution in [0.4, 0.5) is 0 Å². The summed E-state index contributed by atoms with van der Waals surface area (Å²) in [4.78, 5) is 19.0. The fraction of sp³-hybridized carbons (Fsp3) is 0.600. The van der Waals surface area contributed by atoms with Gasteiger partial charge in [-0.05, 0) is 32.5 Å². The van der Waals surface area contributed by atoms with Gasteiger partial charge in [-0.2, -0.15) is 0 Å². The number of likely N-dealkylation sites (tertiary alicyclic amines) is 1. The van der Waals surface area contributed by atoms with E-state index in [-0.39, 0.29) is 18.1 Å². The number of hydrogen-bond acceptors (Lipinski definition) is 4. The molecule has 1 amide bonds. The van der Waals surface area contributed by atoms with E-state index in [1.807, 2.05) is 26.0 Å². The molecule has 0 saturated carbocycles. The minimum Gasteiger partial charge on any atom is -0.378 e. The molecule has 1 aliphatic heterocycles. The number of carbonyl (C=O) groups is 1. The Hall–Kier alpha value is -1.46. The van der Waals surface area contributed by atoms with Crippen LogP contribution in [0.25, 0.3) is 0 Å². The molecule has 5 heteroatoms. The minimum atomic E-state index is -0.0694. The molecule has 1 N–H and O–H groups in total. The number of carbonyl (C=O) groups excluding carboxylic acids is 1. The normalized spacial score (nSPS) is 23.0. The van der Waals surface area contributed by atoms with Gasteiger partial charge in [0.05, 0.1) is 23.4 Å². The molecular weight excluding hydrogens is 254 g/mol. The topological polar surface area (TPSA) is 54.5 Å². The Labute approximate surface area is 120 Å². The maximum absolute atomic E-state index is 12.4. The van der Waals surface area contributed by atoms with Crippen LogP contribution < -0.4 is 5.32 Å². The fourth-order valence-corrected chi connectivity index (χ4v) is 2.66. The molecule has 20 heavy (non-hydrogen) atoms. The van der Waals surface area contributed by atoms with Crippen LogP contribution in [0.5, 0.6) is 0 Å². The van der Waals surface area contributed by atoms with Crippen molar-refractivity contribution in [2.24, 2.45) is 0 Å². The van der Waals surface area contributed by atoms with Crippen LogP contribution in [0.2, 0.25) is 0 Å². The number of aryl methyl sites for hydroxylation is 2. The third-order valence-corrected chi connectivity index (χ3v) is 3.88. The molecule has 2 rings (SSSR count). The maximum Gasteiger partial charge on any atom is 0.253 e. The van der Waals surface area contributed by atoms with Crippen molar-refractivity contribution in [3.63, 3.8) is 0 Å². The second-order valence-electron chi connectivity index (χ2n) is 5.29. The maximum atomic E-state index is 12.4. The van der Waals surface area contributed by atoms with E-state index < -0.39 is 0 Å². The number of pyridine rings is 1. The van der Waals surface area contributed by atoms with Gasteiger partial charge in [0.15, 0.2) is 0 Å². The molecule has 0 aliphatic carbocycles. The Kier molecular flexibility index (Phi) is 4.73. The van der Waals surface area contributed by atoms with Crippen LogP contribution >= 0.6 is 0 Å². The van der Waals surface area contributed by atoms with Crippen molar-refractivity contribution in [2.45, 2.75) is 32.9 Å². The summed E-state index contributed by atoms with van der Waals surface area (Å²) >= 11 is 0. The lowest BCUT2D eigenvalue weighted by atomic mass is 10.1. The van der Waals surface area contributed by atoms with Crippen molar-refractivity contribution in [3.8, 4) is 0 Å². The van der Waals surface area contributed by atoms with Crippen LogP contribution in [-0.2, 0) is 4.74 Å². The van der Waals surface area contributed by atoms with Gasteiger partial charge < -0.3 is 10.1 Å². The molecule has 5 nitrogen and oxygen atoms in total. The molecule has 110 valence electrons. The van der Waals surface area contributed by atoms with Gasteiger partial charge in [-0.25, -0.2) is 0 Å². The zero-order valence-electron chi connectivity index (χ0n) is 12.6. The number of hydrogen-bond donors (Lipinski definition) is 1. The summed E-state index contributed by atoms with van der Waals surface area (Å²) in [7, 11) is 1.70. The van der Waals surface area contributed by atoms with Crippen molar-refractivity contribution in [3.05, 3.63) is 29.1 Å². The lowest BCUT2D eigenvalue weighted by Gasteiger charge is -2.19. The van der Waals surface area contributed by atoms with E-state index in [0.29, 0.717) is 5.56 Å². The Morgan fingerprint density at radius 2 is 2.20 bits per heavy atom. The molecule has 1 aliphatic rings. The van der Waals surface area contributed by atoms with Crippen LogP contribution in [0.1, 0.15) is 28.7 Å². The Balaban J connectivity index is 2.07. The van der Waals surface area contributed by atoms with E-state index in [2.05, 4.69) is 22.1 Å². The zero-order valence-corrected chi connectivity index (χ0v) is 12.6. The van der Waals surface area contributed by atoms with Crippen molar-refractivity contribution < 1.29 is 9.53 Å². The van der Waals surface area contributed by atoms with Gasteiger partial charge in [0, 0.05) is 25.9 Å². The van der Waals surface area contributed by atoms with E-state index >= 15 is 0 Å². The molecule has 0 radical (unpaired) electrons. The number of methoxy groups -OCH3 is 1. The number of nitrogens with one attached hydrogen (secondary N) is 1. The molecule has 1 aromatic rings. The van der Waals surface area contributed by atoms with E-state index in [9.17, 15) is 4.79 Å². The molecule has 2 atom stereocenters. The number of aromatic nitrogens is 1. The van der Waals surface area contributed by atoms with Crippen LogP contribution in [-0.4, -0.2) is 54.7 Å². The average molecular weight is 277 g/mol. The first-order valence-corrected chi connectivity index (χ1v) is 7.05. The third-order valence-electron chi connectivity index (χ3n) is 3.88. The SMILES string of the molecule is CCN1CC(NC(=O)c2ccc(C)nc2C)C(OC)C1. The number of amides is 1. The summed E-state index contributed by atoms with van der Waals surface area (Å²) < 4.78 is 5.47. The highest BCUT2D eigenvalue weighted by molar-refractivity contribution is 5.95. The second-order valence-corrected chi connectivity index (χ2v) is 5.29. The lowest BCUT2D eigenvalue weighted by Crippen LogP contribution is -2.43. The highest BCUT2D eigenvalue weighted by atomic mass is 16.5. The first-order valence-electron chi connectivity index (χ1n) is 7.05. The van der Waals surface area contributed by atoms with Crippen LogP contribution in [0.15, 0.2) is 12.1 Å². The summed E-state index contributed by atoms with van der Waals surface area (Å²) in [5, 5.41) is 3.08. The van der Waals surface area contributed by atoms with E-state index in [1.54, 1.807) is 7.11 Å². The number of likely N-dealkylation sites (N-methyl/N-ethyl adjacent to an activating group) is 1. The number of nitrogens with zero attached hydrogens (tertiary/aromatic N) is 2. The second kappa shape index (κ2) is 6.33. The van der Waals surface area contributed by atoms with E-state index in [1.165, 1.54) is 0 Å². The number of rotatable bonds is 4. The largest absolute Gasteiger partial charge is 0.378 e. The monoisotopic (exact) mass is 277 g/mol. The zero-order chi connectivity index (χ0) is 14.7. The first-order chi connectivity index (χ1) is 9.55. The molecule has 0 aromatic carbocycles. The summed E-state index contributed by atoms with van der Waals surface area (Å²) in [6.07, 6.45) is 0.0533. The molecule has 2 heterocycles. The van der Waals surface area contributed by atoms with Crippen molar-refractivity contribution in [2.75, 3.05) is 26.7 Å². The predicted molar refractivity (Wildman–Crippen MR) is 77.9 cm³/mol. The van der Waals surface area contributed by atoms with Gasteiger partial charge in [0.25, 0.3) is 5.91 Å². The Bertz CT molecular complexity index is 490. The third kappa shape index (κ3) is 3.16. The van der Waals surface area contributed by atoms with Gasteiger partial charge in [0.1, 0.15) is 0 Å². The van der Waals surface area contributed by atoms with Gasteiger partial charge in [-0.3, -0.25) is 14.7 Å². The van der Waals surface area contributed by atoms with Crippen molar-refractivity contribution in [1.82, 2.24) is 15.2 Å². The van der Waals surface area contributed by atoms with Crippen LogP contribution in [0, 0.1) is 13.8 Å². The highest BCUT2D eigenvalue weighted by Gasteiger charge is 2.33. The van der Waals surface area contributed by atoms with Gasteiger partial charge in [-0.15, -0.1) is 0 Å². The van der Waals surface area contributed by atoms with Gasteiger partial charge in [-0.1, -0.05) is 6.92 Å². The number of ether oxygens (including phenoxy) is 1. The fourth-order valence-electron chi connectivity index (χ4n) is 2.66.